The Morgan fingerprint density at radius 3 is 1.67 bits per heavy atom. The Morgan fingerprint density at radius 2 is 1.38 bits per heavy atom. The molecule has 0 amide bonds. The molecule has 2 nitrogen and oxygen atoms in total. The third-order valence-corrected chi connectivity index (χ3v) is 3.68. The minimum atomic E-state index is 1.04. The highest BCUT2D eigenvalue weighted by atomic mass is 15.1. The van der Waals surface area contributed by atoms with Crippen molar-refractivity contribution in [3.05, 3.63) is 47.7 Å². The molecule has 2 aliphatic rings. The van der Waals surface area contributed by atoms with E-state index in [4.69, 9.17) is 0 Å². The van der Waals surface area contributed by atoms with Crippen LogP contribution < -0.4 is 0 Å². The Kier molecular flexibility index (Phi) is 15.5. The maximum Gasteiger partial charge on any atom is 0.0272 e. The predicted octanol–water partition coefficient (Wildman–Crippen LogP) is 6.27. The first-order valence-electron chi connectivity index (χ1n) is 9.54. The number of aryl methyl sites for hydroxylation is 1. The first kappa shape index (κ1) is 22.6. The lowest BCUT2D eigenvalue weighted by atomic mass is 10.0. The van der Waals surface area contributed by atoms with E-state index in [2.05, 4.69) is 43.0 Å². The quantitative estimate of drug-likeness (QED) is 0.624. The van der Waals surface area contributed by atoms with E-state index in [1.165, 1.54) is 49.7 Å². The van der Waals surface area contributed by atoms with Gasteiger partial charge in [0.15, 0.2) is 0 Å². The zero-order valence-corrected chi connectivity index (χ0v) is 16.6. The lowest BCUT2D eigenvalue weighted by Crippen LogP contribution is -2.14. The molecule has 0 N–H and O–H groups in total. The van der Waals surface area contributed by atoms with Crippen LogP contribution >= 0.6 is 0 Å². The second-order valence-corrected chi connectivity index (χ2v) is 6.34. The molecule has 1 aromatic rings. The molecule has 1 aromatic carbocycles. The van der Waals surface area contributed by atoms with Gasteiger partial charge in [0.2, 0.25) is 0 Å². The van der Waals surface area contributed by atoms with Gasteiger partial charge in [-0.05, 0) is 26.6 Å². The number of nitrogens with zero attached hydrogens (tertiary/aromatic N) is 2. The number of benzene rings is 1. The van der Waals surface area contributed by atoms with Crippen molar-refractivity contribution in [1.82, 2.24) is 4.90 Å². The van der Waals surface area contributed by atoms with Crippen LogP contribution in [-0.2, 0) is 0 Å². The van der Waals surface area contributed by atoms with Crippen LogP contribution in [0.15, 0.2) is 47.1 Å². The van der Waals surface area contributed by atoms with Gasteiger partial charge in [-0.15, -0.1) is 0 Å². The summed E-state index contributed by atoms with van der Waals surface area (Å²) in [6, 6.07) is 10.3. The standard InChI is InChI=1S/C7H12N2.C7H8.C6H12.C2H6/c1-9(2)6-7-3-4-8-5-7;1-7-5-3-2-4-6-7;1-2-4-6-5-3-1;1-2/h4-5H,3,6H2,1-2H3;2-6H,1H3;1-6H2;1-2H3. The van der Waals surface area contributed by atoms with Gasteiger partial charge in [-0.1, -0.05) is 88.3 Å². The van der Waals surface area contributed by atoms with E-state index in [0.717, 1.165) is 13.0 Å². The summed E-state index contributed by atoms with van der Waals surface area (Å²) in [5.41, 5.74) is 2.72. The summed E-state index contributed by atoms with van der Waals surface area (Å²) >= 11 is 0. The first-order valence-corrected chi connectivity index (χ1v) is 9.54. The zero-order valence-electron chi connectivity index (χ0n) is 16.6. The van der Waals surface area contributed by atoms with E-state index in [-0.39, 0.29) is 0 Å². The Hall–Kier alpha value is -1.41. The summed E-state index contributed by atoms with van der Waals surface area (Å²) < 4.78 is 0. The van der Waals surface area contributed by atoms with Crippen molar-refractivity contribution in [2.45, 2.75) is 65.7 Å². The van der Waals surface area contributed by atoms with Crippen LogP contribution in [0.25, 0.3) is 0 Å². The van der Waals surface area contributed by atoms with E-state index in [0.29, 0.717) is 0 Å². The fourth-order valence-corrected chi connectivity index (χ4v) is 2.49. The maximum absolute atomic E-state index is 4.00. The molecule has 1 aliphatic heterocycles. The van der Waals surface area contributed by atoms with Crippen LogP contribution in [0.4, 0.5) is 0 Å². The molecule has 0 radical (unpaired) electrons. The minimum absolute atomic E-state index is 1.04. The summed E-state index contributed by atoms with van der Waals surface area (Å²) in [7, 11) is 4.14. The van der Waals surface area contributed by atoms with Crippen molar-refractivity contribution in [2.75, 3.05) is 20.6 Å². The van der Waals surface area contributed by atoms with Gasteiger partial charge in [0.25, 0.3) is 0 Å². The largest absolute Gasteiger partial charge is 0.305 e. The van der Waals surface area contributed by atoms with Crippen LogP contribution in [0.2, 0.25) is 0 Å². The average molecular weight is 331 g/mol. The summed E-state index contributed by atoms with van der Waals surface area (Å²) in [5.74, 6) is 0. The first-order chi connectivity index (χ1) is 11.7. The van der Waals surface area contributed by atoms with Crippen molar-refractivity contribution in [2.24, 2.45) is 4.99 Å². The van der Waals surface area contributed by atoms with Crippen molar-refractivity contribution in [3.8, 4) is 0 Å². The average Bonchev–Trinajstić information content (AvgIpc) is 3.12. The van der Waals surface area contributed by atoms with Gasteiger partial charge in [0, 0.05) is 25.4 Å². The molecule has 0 saturated heterocycles. The Labute approximate surface area is 150 Å². The molecule has 0 spiro atoms. The van der Waals surface area contributed by atoms with Gasteiger partial charge in [0.1, 0.15) is 0 Å². The zero-order chi connectivity index (χ0) is 18.0. The number of hydrogen-bond acceptors (Lipinski definition) is 2. The van der Waals surface area contributed by atoms with E-state index in [9.17, 15) is 0 Å². The Bertz CT molecular complexity index is 417. The van der Waals surface area contributed by atoms with Crippen LogP contribution in [0.5, 0.6) is 0 Å². The topological polar surface area (TPSA) is 15.6 Å². The molecule has 0 unspecified atom stereocenters. The number of rotatable bonds is 2. The smallest absolute Gasteiger partial charge is 0.0272 e. The van der Waals surface area contributed by atoms with Gasteiger partial charge in [-0.25, -0.2) is 0 Å². The van der Waals surface area contributed by atoms with Crippen molar-refractivity contribution < 1.29 is 0 Å². The summed E-state index contributed by atoms with van der Waals surface area (Å²) in [4.78, 5) is 6.16. The molecule has 1 aliphatic carbocycles. The lowest BCUT2D eigenvalue weighted by Gasteiger charge is -2.08. The van der Waals surface area contributed by atoms with Gasteiger partial charge in [-0.2, -0.15) is 0 Å². The summed E-state index contributed by atoms with van der Waals surface area (Å²) in [5, 5.41) is 0. The molecule has 3 rings (SSSR count). The molecular weight excluding hydrogens is 292 g/mol. The number of aliphatic imine (C=N–C) groups is 1. The maximum atomic E-state index is 4.00. The Morgan fingerprint density at radius 1 is 0.875 bits per heavy atom. The van der Waals surface area contributed by atoms with Crippen LogP contribution in [0, 0.1) is 6.92 Å². The number of likely N-dealkylation sites (N-methyl/N-ethyl adjacent to an activating group) is 1. The molecule has 2 heteroatoms. The van der Waals surface area contributed by atoms with Crippen molar-refractivity contribution >= 4 is 6.21 Å². The molecule has 136 valence electrons. The molecule has 0 atom stereocenters. The van der Waals surface area contributed by atoms with Gasteiger partial charge >= 0.3 is 0 Å². The molecule has 1 heterocycles. The monoisotopic (exact) mass is 330 g/mol. The van der Waals surface area contributed by atoms with E-state index in [1.807, 2.05) is 44.5 Å². The molecule has 1 fully saturated rings. The van der Waals surface area contributed by atoms with Gasteiger partial charge in [0.05, 0.1) is 0 Å². The minimum Gasteiger partial charge on any atom is -0.305 e. The SMILES string of the molecule is C1CCCCC1.CC.CN(C)CC1=CN=CC1.Cc1ccccc1. The molecule has 0 aromatic heterocycles. The van der Waals surface area contributed by atoms with Gasteiger partial charge < -0.3 is 4.90 Å². The van der Waals surface area contributed by atoms with Crippen LogP contribution in [0.1, 0.15) is 64.4 Å². The highest BCUT2D eigenvalue weighted by Crippen LogP contribution is 2.15. The Balaban J connectivity index is 0.000000320. The second-order valence-electron chi connectivity index (χ2n) is 6.34. The van der Waals surface area contributed by atoms with Crippen LogP contribution in [-0.4, -0.2) is 31.8 Å². The number of hydrogen-bond donors (Lipinski definition) is 0. The van der Waals surface area contributed by atoms with E-state index < -0.39 is 0 Å². The molecule has 0 bridgehead atoms. The highest BCUT2D eigenvalue weighted by Gasteiger charge is 2.00. The van der Waals surface area contributed by atoms with E-state index in [1.54, 1.807) is 0 Å². The van der Waals surface area contributed by atoms with Crippen molar-refractivity contribution in [3.63, 3.8) is 0 Å². The predicted molar refractivity (Wildman–Crippen MR) is 110 cm³/mol. The highest BCUT2D eigenvalue weighted by molar-refractivity contribution is 5.65. The third kappa shape index (κ3) is 14.2. The van der Waals surface area contributed by atoms with Crippen molar-refractivity contribution in [1.29, 1.82) is 0 Å². The second kappa shape index (κ2) is 16.4. The molecule has 24 heavy (non-hydrogen) atoms. The summed E-state index contributed by atoms with van der Waals surface area (Å²) in [6.45, 7) is 7.12. The lowest BCUT2D eigenvalue weighted by molar-refractivity contribution is 0.444. The van der Waals surface area contributed by atoms with Gasteiger partial charge in [-0.3, -0.25) is 4.99 Å². The van der Waals surface area contributed by atoms with E-state index >= 15 is 0 Å². The fourth-order valence-electron chi connectivity index (χ4n) is 2.49. The third-order valence-electron chi connectivity index (χ3n) is 3.68. The molecular formula is C22H38N2. The molecule has 1 saturated carbocycles. The van der Waals surface area contributed by atoms with Crippen LogP contribution in [0.3, 0.4) is 0 Å². The fraction of sp³-hybridized carbons (Fsp3) is 0.591. The summed E-state index contributed by atoms with van der Waals surface area (Å²) in [6.07, 6.45) is 13.9. The normalized spacial score (nSPS) is 15.2.